The molecule has 0 bridgehead atoms. The lowest BCUT2D eigenvalue weighted by Gasteiger charge is -2.37. The van der Waals surface area contributed by atoms with Gasteiger partial charge in [0.2, 0.25) is 0 Å². The van der Waals surface area contributed by atoms with Gasteiger partial charge in [-0.3, -0.25) is 0 Å². The van der Waals surface area contributed by atoms with Crippen molar-refractivity contribution in [1.29, 1.82) is 0 Å². The zero-order chi connectivity index (χ0) is 16.4. The number of nitrogens with zero attached hydrogens (tertiary/aromatic N) is 2. The van der Waals surface area contributed by atoms with Gasteiger partial charge in [0.15, 0.2) is 8.32 Å². The summed E-state index contributed by atoms with van der Waals surface area (Å²) in [6.45, 7) is 11.8. The van der Waals surface area contributed by atoms with E-state index in [-0.39, 0.29) is 23.1 Å². The molecule has 0 saturated heterocycles. The van der Waals surface area contributed by atoms with Gasteiger partial charge < -0.3 is 14.8 Å². The van der Waals surface area contributed by atoms with E-state index in [4.69, 9.17) is 4.43 Å². The smallest absolute Gasteiger partial charge is 0.191 e. The number of aliphatic hydroxyl groups excluding tert-OH is 1. The van der Waals surface area contributed by atoms with Gasteiger partial charge in [0.25, 0.3) is 0 Å². The predicted octanol–water partition coefficient (Wildman–Crippen LogP) is 2.85. The molecule has 123 valence electrons. The van der Waals surface area contributed by atoms with Crippen LogP contribution in [0.1, 0.15) is 33.6 Å². The van der Waals surface area contributed by atoms with Crippen molar-refractivity contribution in [3.05, 3.63) is 18.6 Å². The van der Waals surface area contributed by atoms with E-state index in [0.29, 0.717) is 12.4 Å². The summed E-state index contributed by atoms with van der Waals surface area (Å²) in [5, 5.41) is 13.8. The van der Waals surface area contributed by atoms with Crippen molar-refractivity contribution in [1.82, 2.24) is 9.97 Å². The highest BCUT2D eigenvalue weighted by Gasteiger charge is 2.40. The second-order valence-corrected chi connectivity index (χ2v) is 12.5. The minimum atomic E-state index is -1.76. The van der Waals surface area contributed by atoms with Gasteiger partial charge in [-0.15, -0.1) is 0 Å². The molecule has 1 aromatic rings. The van der Waals surface area contributed by atoms with Crippen molar-refractivity contribution in [3.63, 3.8) is 0 Å². The van der Waals surface area contributed by atoms with Crippen molar-refractivity contribution < 1.29 is 9.53 Å². The fourth-order valence-electron chi connectivity index (χ4n) is 2.46. The Morgan fingerprint density at radius 3 is 2.73 bits per heavy atom. The molecule has 0 aliphatic heterocycles. The van der Waals surface area contributed by atoms with Crippen molar-refractivity contribution in [2.75, 3.05) is 11.9 Å². The molecule has 2 N–H and O–H groups in total. The number of aromatic nitrogens is 2. The molecule has 1 heterocycles. The molecule has 22 heavy (non-hydrogen) atoms. The molecular formula is C16H28N3O2Si. The first kappa shape index (κ1) is 17.4. The maximum Gasteiger partial charge on any atom is 0.191 e. The fraction of sp³-hybridized carbons (Fsp3) is 0.750. The van der Waals surface area contributed by atoms with Crippen LogP contribution in [0.3, 0.4) is 0 Å². The summed E-state index contributed by atoms with van der Waals surface area (Å²) in [6, 6.07) is 3.18. The minimum Gasteiger partial charge on any atom is -0.416 e. The Kier molecular flexibility index (Phi) is 5.24. The van der Waals surface area contributed by atoms with Crippen LogP contribution >= 0.6 is 0 Å². The summed E-state index contributed by atoms with van der Waals surface area (Å²) in [6.07, 6.45) is 4.40. The van der Waals surface area contributed by atoms with E-state index in [1.54, 1.807) is 6.20 Å². The van der Waals surface area contributed by atoms with Gasteiger partial charge in [-0.05, 0) is 31.0 Å². The lowest BCUT2D eigenvalue weighted by atomic mass is 10.1. The second kappa shape index (κ2) is 6.64. The molecule has 5 nitrogen and oxygen atoms in total. The van der Waals surface area contributed by atoms with E-state index in [9.17, 15) is 5.11 Å². The Bertz CT molecular complexity index is 476. The summed E-state index contributed by atoms with van der Waals surface area (Å²) in [7, 11) is -1.76. The molecule has 2 rings (SSSR count). The molecule has 0 spiro atoms. The second-order valence-electron chi connectivity index (χ2n) is 7.73. The van der Waals surface area contributed by atoms with Crippen molar-refractivity contribution in [3.8, 4) is 0 Å². The van der Waals surface area contributed by atoms with Crippen LogP contribution < -0.4 is 5.32 Å². The van der Waals surface area contributed by atoms with Crippen molar-refractivity contribution in [2.45, 2.75) is 63.9 Å². The van der Waals surface area contributed by atoms with E-state index in [1.165, 1.54) is 6.33 Å². The molecular weight excluding hydrogens is 294 g/mol. The monoisotopic (exact) mass is 322 g/mol. The van der Waals surface area contributed by atoms with Crippen LogP contribution in [0.25, 0.3) is 0 Å². The van der Waals surface area contributed by atoms with Crippen molar-refractivity contribution >= 4 is 14.1 Å². The minimum absolute atomic E-state index is 0.188. The Labute approximate surface area is 134 Å². The molecule has 6 heteroatoms. The largest absolute Gasteiger partial charge is 0.416 e. The SMILES string of the molecule is CC(C)(C)[Si](C)(C)OC[C@H]1C[C@@H](Nc2[c]cncn2)C[C@@H]1O. The Morgan fingerprint density at radius 1 is 1.41 bits per heavy atom. The number of hydrogen-bond acceptors (Lipinski definition) is 5. The van der Waals surface area contributed by atoms with Gasteiger partial charge in [0.1, 0.15) is 12.1 Å². The van der Waals surface area contributed by atoms with Crippen LogP contribution in [-0.4, -0.2) is 42.1 Å². The lowest BCUT2D eigenvalue weighted by Crippen LogP contribution is -2.42. The molecule has 0 aromatic carbocycles. The Balaban J connectivity index is 1.86. The average Bonchev–Trinajstić information content (AvgIpc) is 2.76. The van der Waals surface area contributed by atoms with Gasteiger partial charge in [-0.25, -0.2) is 9.97 Å². The molecule has 1 fully saturated rings. The summed E-state index contributed by atoms with van der Waals surface area (Å²) in [5.74, 6) is 0.881. The number of nitrogens with one attached hydrogen (secondary N) is 1. The number of aliphatic hydroxyl groups is 1. The van der Waals surface area contributed by atoms with Crippen LogP contribution in [0.2, 0.25) is 18.1 Å². The number of hydrogen-bond donors (Lipinski definition) is 2. The highest BCUT2D eigenvalue weighted by molar-refractivity contribution is 6.74. The van der Waals surface area contributed by atoms with Crippen LogP contribution in [0.5, 0.6) is 0 Å². The first-order valence-electron chi connectivity index (χ1n) is 7.95. The third-order valence-electron chi connectivity index (χ3n) is 4.99. The number of rotatable bonds is 5. The molecule has 0 amide bonds. The number of anilines is 1. The first-order valence-corrected chi connectivity index (χ1v) is 10.9. The molecule has 1 aromatic heterocycles. The van der Waals surface area contributed by atoms with E-state index in [1.807, 2.05) is 0 Å². The van der Waals surface area contributed by atoms with E-state index in [2.05, 4.69) is 55.2 Å². The normalized spacial score (nSPS) is 26.2. The summed E-state index contributed by atoms with van der Waals surface area (Å²) in [5.41, 5.74) is 0. The predicted molar refractivity (Wildman–Crippen MR) is 90.2 cm³/mol. The summed E-state index contributed by atoms with van der Waals surface area (Å²) >= 11 is 0. The molecule has 1 aliphatic carbocycles. The third kappa shape index (κ3) is 4.27. The van der Waals surface area contributed by atoms with E-state index in [0.717, 1.165) is 12.8 Å². The zero-order valence-corrected chi connectivity index (χ0v) is 15.3. The van der Waals surface area contributed by atoms with Gasteiger partial charge in [-0.1, -0.05) is 20.8 Å². The molecule has 1 radical (unpaired) electrons. The molecule has 1 saturated carbocycles. The summed E-state index contributed by atoms with van der Waals surface area (Å²) < 4.78 is 6.26. The fourth-order valence-corrected chi connectivity index (χ4v) is 3.53. The quantitative estimate of drug-likeness (QED) is 0.816. The maximum atomic E-state index is 10.3. The average molecular weight is 323 g/mol. The van der Waals surface area contributed by atoms with Crippen LogP contribution in [0.15, 0.2) is 12.5 Å². The third-order valence-corrected chi connectivity index (χ3v) is 9.49. The van der Waals surface area contributed by atoms with Crippen LogP contribution in [0.4, 0.5) is 5.82 Å². The topological polar surface area (TPSA) is 67.3 Å². The van der Waals surface area contributed by atoms with Gasteiger partial charge >= 0.3 is 0 Å². The van der Waals surface area contributed by atoms with E-state index < -0.39 is 8.32 Å². The zero-order valence-electron chi connectivity index (χ0n) is 14.3. The first-order chi connectivity index (χ1) is 10.2. The Hall–Kier alpha value is -0.983. The lowest BCUT2D eigenvalue weighted by molar-refractivity contribution is 0.0939. The maximum absolute atomic E-state index is 10.3. The van der Waals surface area contributed by atoms with Gasteiger partial charge in [0, 0.05) is 30.8 Å². The van der Waals surface area contributed by atoms with E-state index >= 15 is 0 Å². The van der Waals surface area contributed by atoms with Crippen LogP contribution in [0, 0.1) is 12.0 Å². The van der Waals surface area contributed by atoms with Gasteiger partial charge in [0.05, 0.1) is 6.10 Å². The highest BCUT2D eigenvalue weighted by atomic mass is 28.4. The summed E-state index contributed by atoms with van der Waals surface area (Å²) in [4.78, 5) is 7.98. The molecule has 3 atom stereocenters. The van der Waals surface area contributed by atoms with Gasteiger partial charge in [-0.2, -0.15) is 0 Å². The Morgan fingerprint density at radius 2 is 2.14 bits per heavy atom. The highest BCUT2D eigenvalue weighted by Crippen LogP contribution is 2.38. The van der Waals surface area contributed by atoms with Crippen molar-refractivity contribution in [2.24, 2.45) is 5.92 Å². The van der Waals surface area contributed by atoms with Crippen LogP contribution in [-0.2, 0) is 4.43 Å². The standard InChI is InChI=1S/C16H28N3O2Si/c1-16(2,3)22(4,5)21-10-12-8-13(9-14(12)20)19-15-6-7-17-11-18-15/h7,11-14,20H,8-10H2,1-5H3,(H,17,18,19)/t12-,13-,14+/m1/s1. The molecule has 0 unspecified atom stereocenters. The molecule has 1 aliphatic rings.